The molecule has 0 aliphatic heterocycles. The van der Waals surface area contributed by atoms with E-state index in [9.17, 15) is 29.4 Å². The number of carbonyl (C=O) groups excluding carboxylic acids is 2. The van der Waals surface area contributed by atoms with Crippen molar-refractivity contribution in [1.29, 1.82) is 0 Å². The van der Waals surface area contributed by atoms with Gasteiger partial charge < -0.3 is 10.2 Å². The van der Waals surface area contributed by atoms with Gasteiger partial charge in [0.2, 0.25) is 0 Å². The molecule has 2 N–H and O–H groups in total. The molecule has 40 heavy (non-hydrogen) atoms. The Kier molecular flexibility index (Phi) is 7.16. The Bertz CT molecular complexity index is 1770. The first-order valence-corrected chi connectivity index (χ1v) is 12.4. The molecule has 0 amide bonds. The van der Waals surface area contributed by atoms with Crippen LogP contribution in [-0.4, -0.2) is 33.7 Å². The fourth-order valence-corrected chi connectivity index (χ4v) is 4.64. The van der Waals surface area contributed by atoms with Crippen molar-refractivity contribution in [3.63, 3.8) is 0 Å². The van der Waals surface area contributed by atoms with E-state index in [1.165, 1.54) is 24.3 Å². The predicted octanol–water partition coefficient (Wildman–Crippen LogP) is 6.88. The van der Waals surface area contributed by atoms with Crippen molar-refractivity contribution in [3.05, 3.63) is 155 Å². The summed E-state index contributed by atoms with van der Waals surface area (Å²) in [7, 11) is 0. The number of aromatic carboxylic acids is 2. The van der Waals surface area contributed by atoms with E-state index in [-0.39, 0.29) is 22.3 Å². The second-order valence-corrected chi connectivity index (χ2v) is 9.06. The molecule has 5 aromatic rings. The van der Waals surface area contributed by atoms with Crippen LogP contribution in [-0.2, 0) is 0 Å². The van der Waals surface area contributed by atoms with E-state index in [0.717, 1.165) is 22.3 Å². The molecule has 6 nitrogen and oxygen atoms in total. The average molecular weight is 527 g/mol. The summed E-state index contributed by atoms with van der Waals surface area (Å²) in [6.45, 7) is 0. The summed E-state index contributed by atoms with van der Waals surface area (Å²) in [6, 6.07) is 33.7. The van der Waals surface area contributed by atoms with E-state index >= 15 is 0 Å². The standard InChI is InChI=1S/C34H22O6/c35-31(26-10-4-6-12-28(26)33(37)38)23-16-14-22(15-17-23)30-20-24(18-19-25(30)21-8-2-1-3-9-21)32(36)27-11-5-7-13-29(27)34(39)40/h1-20H,(H,37,38)(H,39,40). The van der Waals surface area contributed by atoms with Crippen molar-refractivity contribution in [2.24, 2.45) is 0 Å². The van der Waals surface area contributed by atoms with Gasteiger partial charge in [0.25, 0.3) is 0 Å². The van der Waals surface area contributed by atoms with Gasteiger partial charge in [0.05, 0.1) is 11.1 Å². The van der Waals surface area contributed by atoms with Crippen LogP contribution in [0.4, 0.5) is 0 Å². The number of ketones is 2. The molecule has 0 bridgehead atoms. The van der Waals surface area contributed by atoms with Gasteiger partial charge in [0.15, 0.2) is 11.6 Å². The molecule has 0 aliphatic rings. The summed E-state index contributed by atoms with van der Waals surface area (Å²) in [5.74, 6) is -3.20. The molecule has 0 radical (unpaired) electrons. The lowest BCUT2D eigenvalue weighted by Crippen LogP contribution is -2.10. The van der Waals surface area contributed by atoms with Gasteiger partial charge >= 0.3 is 11.9 Å². The van der Waals surface area contributed by atoms with Crippen LogP contribution in [0.2, 0.25) is 0 Å². The van der Waals surface area contributed by atoms with Crippen LogP contribution in [0, 0.1) is 0 Å². The summed E-state index contributed by atoms with van der Waals surface area (Å²) in [6.07, 6.45) is 0. The maximum atomic E-state index is 13.4. The van der Waals surface area contributed by atoms with Crippen molar-refractivity contribution >= 4 is 23.5 Å². The summed E-state index contributed by atoms with van der Waals surface area (Å²) in [4.78, 5) is 49.9. The Morgan fingerprint density at radius 2 is 0.825 bits per heavy atom. The Morgan fingerprint density at radius 3 is 1.35 bits per heavy atom. The van der Waals surface area contributed by atoms with Gasteiger partial charge in [-0.25, -0.2) is 9.59 Å². The number of hydrogen-bond acceptors (Lipinski definition) is 4. The van der Waals surface area contributed by atoms with Crippen molar-refractivity contribution < 1.29 is 29.4 Å². The smallest absolute Gasteiger partial charge is 0.336 e. The molecule has 0 heterocycles. The fourth-order valence-electron chi connectivity index (χ4n) is 4.64. The molecule has 0 saturated carbocycles. The maximum absolute atomic E-state index is 13.4. The Balaban J connectivity index is 1.59. The molecule has 6 heteroatoms. The minimum atomic E-state index is -1.19. The highest BCUT2D eigenvalue weighted by atomic mass is 16.4. The van der Waals surface area contributed by atoms with Crippen molar-refractivity contribution in [2.75, 3.05) is 0 Å². The molecule has 0 fully saturated rings. The van der Waals surface area contributed by atoms with Crippen LogP contribution in [0.15, 0.2) is 121 Å². The number of carboxylic acid groups (broad SMARTS) is 2. The Labute approximate surface area is 229 Å². The molecule has 0 aromatic heterocycles. The molecular weight excluding hydrogens is 504 g/mol. The van der Waals surface area contributed by atoms with Crippen LogP contribution in [0.25, 0.3) is 22.3 Å². The number of benzene rings is 5. The van der Waals surface area contributed by atoms with Crippen LogP contribution in [0.3, 0.4) is 0 Å². The third-order valence-corrected chi connectivity index (χ3v) is 6.63. The van der Waals surface area contributed by atoms with Gasteiger partial charge in [-0.05, 0) is 40.5 Å². The van der Waals surface area contributed by atoms with E-state index in [0.29, 0.717) is 11.1 Å². The first kappa shape index (κ1) is 26.0. The van der Waals surface area contributed by atoms with Gasteiger partial charge in [-0.3, -0.25) is 9.59 Å². The second kappa shape index (κ2) is 11.0. The van der Waals surface area contributed by atoms with Crippen LogP contribution in [0.1, 0.15) is 52.6 Å². The van der Waals surface area contributed by atoms with E-state index < -0.39 is 23.5 Å². The van der Waals surface area contributed by atoms with Gasteiger partial charge in [0.1, 0.15) is 0 Å². The average Bonchev–Trinajstić information content (AvgIpc) is 3.00. The van der Waals surface area contributed by atoms with Crippen molar-refractivity contribution in [3.8, 4) is 22.3 Å². The van der Waals surface area contributed by atoms with Gasteiger partial charge in [-0.15, -0.1) is 0 Å². The largest absolute Gasteiger partial charge is 0.478 e. The molecule has 0 aliphatic carbocycles. The lowest BCUT2D eigenvalue weighted by atomic mass is 9.89. The predicted molar refractivity (Wildman–Crippen MR) is 151 cm³/mol. The van der Waals surface area contributed by atoms with Crippen LogP contribution in [0.5, 0.6) is 0 Å². The summed E-state index contributed by atoms with van der Waals surface area (Å²) in [5, 5.41) is 19.1. The molecule has 5 aromatic carbocycles. The quantitative estimate of drug-likeness (QED) is 0.213. The number of carboxylic acids is 2. The van der Waals surface area contributed by atoms with Gasteiger partial charge in [0, 0.05) is 22.3 Å². The third-order valence-electron chi connectivity index (χ3n) is 6.63. The topological polar surface area (TPSA) is 109 Å². The monoisotopic (exact) mass is 526 g/mol. The number of rotatable bonds is 8. The first-order chi connectivity index (χ1) is 19.3. The van der Waals surface area contributed by atoms with Crippen molar-refractivity contribution in [2.45, 2.75) is 0 Å². The highest BCUT2D eigenvalue weighted by Gasteiger charge is 2.20. The normalized spacial score (nSPS) is 10.6. The minimum Gasteiger partial charge on any atom is -0.478 e. The molecule has 0 unspecified atom stereocenters. The van der Waals surface area contributed by atoms with E-state index in [2.05, 4.69) is 0 Å². The fraction of sp³-hybridized carbons (Fsp3) is 0. The van der Waals surface area contributed by atoms with E-state index in [1.807, 2.05) is 36.4 Å². The molecule has 0 atom stereocenters. The molecular formula is C34H22O6. The third kappa shape index (κ3) is 5.06. The maximum Gasteiger partial charge on any atom is 0.336 e. The van der Waals surface area contributed by atoms with E-state index in [4.69, 9.17) is 0 Å². The first-order valence-electron chi connectivity index (χ1n) is 12.4. The zero-order chi connectivity index (χ0) is 28.2. The van der Waals surface area contributed by atoms with Crippen LogP contribution < -0.4 is 0 Å². The molecule has 194 valence electrons. The summed E-state index contributed by atoms with van der Waals surface area (Å²) in [5.41, 5.74) is 3.88. The lowest BCUT2D eigenvalue weighted by Gasteiger charge is -2.14. The summed E-state index contributed by atoms with van der Waals surface area (Å²) >= 11 is 0. The zero-order valence-corrected chi connectivity index (χ0v) is 21.1. The molecule has 0 spiro atoms. The number of hydrogen-bond donors (Lipinski definition) is 2. The number of carbonyl (C=O) groups is 4. The minimum absolute atomic E-state index is 0.0733. The van der Waals surface area contributed by atoms with Gasteiger partial charge in [-0.1, -0.05) is 103 Å². The van der Waals surface area contributed by atoms with Crippen LogP contribution >= 0.6 is 0 Å². The molecule has 0 saturated heterocycles. The summed E-state index contributed by atoms with van der Waals surface area (Å²) < 4.78 is 0. The second-order valence-electron chi connectivity index (χ2n) is 9.06. The van der Waals surface area contributed by atoms with E-state index in [1.54, 1.807) is 60.7 Å². The lowest BCUT2D eigenvalue weighted by molar-refractivity contribution is 0.0683. The molecule has 5 rings (SSSR count). The zero-order valence-electron chi connectivity index (χ0n) is 21.1. The van der Waals surface area contributed by atoms with Gasteiger partial charge in [-0.2, -0.15) is 0 Å². The SMILES string of the molecule is O=C(O)c1ccccc1C(=O)c1ccc(-c2cc(C(=O)c3ccccc3C(=O)O)ccc2-c2ccccc2)cc1. The highest BCUT2D eigenvalue weighted by Crippen LogP contribution is 2.34. The Hall–Kier alpha value is -5.62. The highest BCUT2D eigenvalue weighted by molar-refractivity contribution is 6.16. The Morgan fingerprint density at radius 1 is 0.400 bits per heavy atom. The van der Waals surface area contributed by atoms with Crippen molar-refractivity contribution in [1.82, 2.24) is 0 Å².